The number of carbonyl (C=O) groups excluding carboxylic acids is 2. The molecule has 142 valence electrons. The maximum atomic E-state index is 11.7. The number of nitrogens with zero attached hydrogens (tertiary/aromatic N) is 3. The lowest BCUT2D eigenvalue weighted by atomic mass is 9.88. The minimum absolute atomic E-state index is 0.0102. The third-order valence-corrected chi connectivity index (χ3v) is 3.32. The van der Waals surface area contributed by atoms with Gasteiger partial charge in [0.1, 0.15) is 11.9 Å². The summed E-state index contributed by atoms with van der Waals surface area (Å²) in [5.74, 6) is -1.07. The maximum absolute atomic E-state index is 11.7. The molecule has 9 nitrogen and oxygen atoms in total. The summed E-state index contributed by atoms with van der Waals surface area (Å²) in [5.41, 5.74) is 16.6. The van der Waals surface area contributed by atoms with Gasteiger partial charge in [0, 0.05) is 24.4 Å². The summed E-state index contributed by atoms with van der Waals surface area (Å²) in [5, 5.41) is 3.26. The molecule has 0 bridgehead atoms. The highest BCUT2D eigenvalue weighted by atomic mass is 32.1. The Bertz CT molecular complexity index is 749. The molecule has 0 aliphatic rings. The van der Waals surface area contributed by atoms with E-state index < -0.39 is 17.9 Å². The van der Waals surface area contributed by atoms with Gasteiger partial charge >= 0.3 is 0 Å². The number of nitrogens with one attached hydrogen (secondary N) is 1. The van der Waals surface area contributed by atoms with Gasteiger partial charge in [-0.15, -0.1) is 0 Å². The molecule has 0 aliphatic carbocycles. The van der Waals surface area contributed by atoms with Crippen molar-refractivity contribution in [1.82, 2.24) is 9.97 Å². The molecule has 26 heavy (non-hydrogen) atoms. The van der Waals surface area contributed by atoms with E-state index in [4.69, 9.17) is 17.2 Å². The fraction of sp³-hybridized carbons (Fsp3) is 0.438. The Morgan fingerprint density at radius 1 is 1.35 bits per heavy atom. The molecule has 1 atom stereocenters. The molecule has 0 spiro atoms. The van der Waals surface area contributed by atoms with E-state index in [0.29, 0.717) is 17.2 Å². The monoisotopic (exact) mass is 380 g/mol. The molecule has 0 fully saturated rings. The lowest BCUT2D eigenvalue weighted by Gasteiger charge is -2.25. The van der Waals surface area contributed by atoms with Crippen molar-refractivity contribution in [3.05, 3.63) is 23.7 Å². The summed E-state index contributed by atoms with van der Waals surface area (Å²) in [6, 6.07) is -0.658. The number of primary amides is 2. The van der Waals surface area contributed by atoms with E-state index in [2.05, 4.69) is 32.9 Å². The minimum Gasteiger partial charge on any atom is -0.402 e. The van der Waals surface area contributed by atoms with Gasteiger partial charge in [-0.3, -0.25) is 9.59 Å². The van der Waals surface area contributed by atoms with Gasteiger partial charge in [-0.25, -0.2) is 9.97 Å². The molecular formula is C16H26N7O2S+. The van der Waals surface area contributed by atoms with Crippen LogP contribution in [0.4, 0.5) is 11.6 Å². The van der Waals surface area contributed by atoms with Gasteiger partial charge in [0.05, 0.1) is 6.20 Å². The van der Waals surface area contributed by atoms with E-state index in [9.17, 15) is 9.59 Å². The molecule has 0 saturated carbocycles. The van der Waals surface area contributed by atoms with Crippen LogP contribution >= 0.6 is 0 Å². The molecule has 7 N–H and O–H groups in total. The average molecular weight is 380 g/mol. The van der Waals surface area contributed by atoms with Crippen LogP contribution in [0.1, 0.15) is 44.6 Å². The van der Waals surface area contributed by atoms with E-state index in [-0.39, 0.29) is 22.7 Å². The Morgan fingerprint density at radius 2 is 1.96 bits per heavy atom. The molecule has 0 unspecified atom stereocenters. The highest BCUT2D eigenvalue weighted by Crippen LogP contribution is 2.23. The number of hydrogen-bond donors (Lipinski definition) is 4. The summed E-state index contributed by atoms with van der Waals surface area (Å²) in [6.07, 6.45) is 3.32. The predicted molar refractivity (Wildman–Crippen MR) is 106 cm³/mol. The Hall–Kier alpha value is -2.62. The van der Waals surface area contributed by atoms with Crippen molar-refractivity contribution >= 4 is 41.1 Å². The first-order valence-corrected chi connectivity index (χ1v) is 8.36. The second-order valence-corrected chi connectivity index (χ2v) is 7.55. The normalized spacial score (nSPS) is 14.0. The zero-order chi connectivity index (χ0) is 20.1. The van der Waals surface area contributed by atoms with Gasteiger partial charge in [-0.1, -0.05) is 20.8 Å². The first kappa shape index (κ1) is 21.4. The SMILES string of the molecule is C/C(N)=C/C([SH2+])=Nc1nc(N[C@H](CC(C)(C)C)C(N)=O)cnc1C(N)=O. The Kier molecular flexibility index (Phi) is 7.13. The summed E-state index contributed by atoms with van der Waals surface area (Å²) >= 11 is 3.27. The first-order valence-electron chi connectivity index (χ1n) is 7.86. The van der Waals surface area contributed by atoms with E-state index in [0.717, 1.165) is 0 Å². The van der Waals surface area contributed by atoms with Crippen molar-refractivity contribution < 1.29 is 9.59 Å². The molecule has 0 saturated heterocycles. The van der Waals surface area contributed by atoms with Crippen LogP contribution in [0, 0.1) is 5.41 Å². The van der Waals surface area contributed by atoms with E-state index in [1.165, 1.54) is 12.3 Å². The van der Waals surface area contributed by atoms with Crippen LogP contribution < -0.4 is 22.5 Å². The standard InChI is InChI=1S/C16H25N7O2S/c1-8(17)5-11(26)23-15-12(14(19)25)20-7-10(22-15)21-9(13(18)24)6-16(2,3)4/h5,7,9H,6,17H2,1-4H3,(H2,18,24)(H2,19,25)(H2,21,22,23,26)/p+1/b8-5-/t9-/m1/s1. The summed E-state index contributed by atoms with van der Waals surface area (Å²) in [6.45, 7) is 7.64. The molecule has 0 radical (unpaired) electrons. The van der Waals surface area contributed by atoms with Gasteiger partial charge in [-0.05, 0) is 18.8 Å². The van der Waals surface area contributed by atoms with Crippen LogP contribution in [0.15, 0.2) is 23.0 Å². The van der Waals surface area contributed by atoms with E-state index in [1.807, 2.05) is 20.8 Å². The number of carbonyl (C=O) groups is 2. The maximum Gasteiger partial charge on any atom is 0.271 e. The lowest BCUT2D eigenvalue weighted by molar-refractivity contribution is -0.119. The smallest absolute Gasteiger partial charge is 0.271 e. The average Bonchev–Trinajstić information content (AvgIpc) is 2.43. The Morgan fingerprint density at radius 3 is 2.42 bits per heavy atom. The second-order valence-electron chi connectivity index (χ2n) is 7.04. The second kappa shape index (κ2) is 8.65. The summed E-state index contributed by atoms with van der Waals surface area (Å²) in [7, 11) is 0. The van der Waals surface area contributed by atoms with Crippen molar-refractivity contribution in [2.75, 3.05) is 5.32 Å². The van der Waals surface area contributed by atoms with Gasteiger partial charge in [0.2, 0.25) is 11.0 Å². The zero-order valence-electron chi connectivity index (χ0n) is 15.3. The summed E-state index contributed by atoms with van der Waals surface area (Å²) < 4.78 is 0. The van der Waals surface area contributed by atoms with Crippen LogP contribution in [0.3, 0.4) is 0 Å². The van der Waals surface area contributed by atoms with Gasteiger partial charge in [0.15, 0.2) is 11.5 Å². The zero-order valence-corrected chi connectivity index (χ0v) is 16.3. The van der Waals surface area contributed by atoms with Crippen LogP contribution in [0.25, 0.3) is 0 Å². The molecule has 10 heteroatoms. The molecule has 1 aromatic heterocycles. The quantitative estimate of drug-likeness (QED) is 0.299. The number of anilines is 1. The van der Waals surface area contributed by atoms with E-state index in [1.54, 1.807) is 6.92 Å². The Labute approximate surface area is 158 Å². The van der Waals surface area contributed by atoms with Crippen molar-refractivity contribution in [3.63, 3.8) is 0 Å². The van der Waals surface area contributed by atoms with Crippen LogP contribution in [-0.4, -0.2) is 32.9 Å². The molecule has 0 aromatic carbocycles. The molecule has 1 rings (SSSR count). The number of rotatable bonds is 7. The number of hydrogen-bond acceptors (Lipinski definition) is 7. The first-order chi connectivity index (χ1) is 11.9. The number of amides is 2. The number of aliphatic imine (C=N–C) groups is 1. The molecule has 1 aromatic rings. The topological polar surface area (TPSA) is 162 Å². The third kappa shape index (κ3) is 7.09. The molecule has 0 aliphatic heterocycles. The van der Waals surface area contributed by atoms with Gasteiger partial charge in [-0.2, -0.15) is 4.99 Å². The van der Waals surface area contributed by atoms with Crippen molar-refractivity contribution in [1.29, 1.82) is 0 Å². The predicted octanol–water partition coefficient (Wildman–Crippen LogP) is 0.182. The highest BCUT2D eigenvalue weighted by molar-refractivity contribution is 7.78. The van der Waals surface area contributed by atoms with Crippen LogP contribution in [0.2, 0.25) is 0 Å². The summed E-state index contributed by atoms with van der Waals surface area (Å²) in [4.78, 5) is 35.6. The molecular weight excluding hydrogens is 354 g/mol. The van der Waals surface area contributed by atoms with Gasteiger partial charge in [0.25, 0.3) is 5.91 Å². The Balaban J connectivity index is 3.26. The fourth-order valence-corrected chi connectivity index (χ4v) is 2.41. The number of allylic oxidation sites excluding steroid dienone is 1. The third-order valence-electron chi connectivity index (χ3n) is 3.06. The fourth-order valence-electron chi connectivity index (χ4n) is 2.08. The number of nitrogens with two attached hydrogens (primary N) is 3. The molecule has 2 amide bonds. The largest absolute Gasteiger partial charge is 0.402 e. The van der Waals surface area contributed by atoms with Crippen molar-refractivity contribution in [2.24, 2.45) is 27.6 Å². The van der Waals surface area contributed by atoms with Crippen molar-refractivity contribution in [2.45, 2.75) is 40.2 Å². The minimum atomic E-state index is -0.781. The van der Waals surface area contributed by atoms with Crippen LogP contribution in [-0.2, 0) is 17.4 Å². The lowest BCUT2D eigenvalue weighted by Crippen LogP contribution is -2.38. The van der Waals surface area contributed by atoms with Crippen molar-refractivity contribution in [3.8, 4) is 0 Å². The van der Waals surface area contributed by atoms with Gasteiger partial charge < -0.3 is 22.5 Å². The highest BCUT2D eigenvalue weighted by Gasteiger charge is 2.24. The van der Waals surface area contributed by atoms with E-state index >= 15 is 0 Å². The van der Waals surface area contributed by atoms with Crippen LogP contribution in [0.5, 0.6) is 0 Å². The molecule has 1 heterocycles. The number of aromatic nitrogens is 2.